The summed E-state index contributed by atoms with van der Waals surface area (Å²) in [5.74, 6) is 0.371. The zero-order valence-corrected chi connectivity index (χ0v) is 19.0. The minimum absolute atomic E-state index is 0.371. The van der Waals surface area contributed by atoms with Gasteiger partial charge in [-0.15, -0.1) is 0 Å². The van der Waals surface area contributed by atoms with Crippen LogP contribution in [-0.2, 0) is 19.3 Å². The Hall–Kier alpha value is -2.13. The summed E-state index contributed by atoms with van der Waals surface area (Å²) >= 11 is 0. The average Bonchev–Trinajstić information content (AvgIpc) is 2.77. The second-order valence-electron chi connectivity index (χ2n) is 8.75. The predicted molar refractivity (Wildman–Crippen MR) is 127 cm³/mol. The van der Waals surface area contributed by atoms with Crippen LogP contribution in [0.3, 0.4) is 0 Å². The molecule has 0 amide bonds. The van der Waals surface area contributed by atoms with Crippen LogP contribution in [0.25, 0.3) is 5.57 Å². The summed E-state index contributed by atoms with van der Waals surface area (Å²) in [6.07, 6.45) is 12.7. The van der Waals surface area contributed by atoms with Crippen LogP contribution in [0.1, 0.15) is 72.5 Å². The van der Waals surface area contributed by atoms with Gasteiger partial charge in [0, 0.05) is 11.9 Å². The highest BCUT2D eigenvalue weighted by molar-refractivity contribution is 5.69. The summed E-state index contributed by atoms with van der Waals surface area (Å²) in [7, 11) is 0. The van der Waals surface area contributed by atoms with Gasteiger partial charge < -0.3 is 10.4 Å². The fourth-order valence-electron chi connectivity index (χ4n) is 4.76. The number of aliphatic hydroxyl groups excluding tert-OH is 1. The van der Waals surface area contributed by atoms with Crippen molar-refractivity contribution in [2.45, 2.75) is 72.1 Å². The first-order valence-corrected chi connectivity index (χ1v) is 11.7. The van der Waals surface area contributed by atoms with E-state index in [0.717, 1.165) is 50.8 Å². The Bertz CT molecular complexity index is 856. The van der Waals surface area contributed by atoms with Crippen LogP contribution in [-0.4, -0.2) is 23.2 Å². The maximum Gasteiger partial charge on any atom is 0.0832 e. The van der Waals surface area contributed by atoms with E-state index in [4.69, 9.17) is 0 Å². The van der Waals surface area contributed by atoms with Crippen molar-refractivity contribution >= 4 is 5.57 Å². The van der Waals surface area contributed by atoms with Crippen molar-refractivity contribution in [3.63, 3.8) is 0 Å². The minimum Gasteiger partial charge on any atom is -0.515 e. The standard InChI is InChI=1S/C27H38N2O/c1-4-22(26(19-30)25-18-20(2)11-12-21(25)3)13-16-28-15-7-8-23-14-17-29-27-10-6-5-9-24(23)27/h11-12,14,17-19,22,28,30H,4-10,13,15-16H2,1-3H3/b26-19-. The molecule has 3 nitrogen and oxygen atoms in total. The lowest BCUT2D eigenvalue weighted by molar-refractivity contribution is 0.461. The highest BCUT2D eigenvalue weighted by Crippen LogP contribution is 2.31. The Balaban J connectivity index is 1.47. The first-order chi connectivity index (χ1) is 14.6. The summed E-state index contributed by atoms with van der Waals surface area (Å²) in [4.78, 5) is 4.59. The van der Waals surface area contributed by atoms with E-state index in [1.54, 1.807) is 0 Å². The molecule has 0 saturated heterocycles. The van der Waals surface area contributed by atoms with Gasteiger partial charge in [0.05, 0.1) is 6.26 Å². The van der Waals surface area contributed by atoms with E-state index in [2.05, 4.69) is 55.3 Å². The van der Waals surface area contributed by atoms with Crippen molar-refractivity contribution in [3.05, 3.63) is 70.2 Å². The Morgan fingerprint density at radius 1 is 1.17 bits per heavy atom. The van der Waals surface area contributed by atoms with Gasteiger partial charge in [0.25, 0.3) is 0 Å². The molecule has 0 saturated carbocycles. The zero-order valence-electron chi connectivity index (χ0n) is 19.0. The van der Waals surface area contributed by atoms with Gasteiger partial charge in [0.15, 0.2) is 0 Å². The number of pyridine rings is 1. The molecule has 0 radical (unpaired) electrons. The van der Waals surface area contributed by atoms with Crippen LogP contribution in [0, 0.1) is 19.8 Å². The van der Waals surface area contributed by atoms with E-state index in [9.17, 15) is 5.11 Å². The lowest BCUT2D eigenvalue weighted by Gasteiger charge is -2.21. The van der Waals surface area contributed by atoms with Gasteiger partial charge in [-0.1, -0.05) is 30.7 Å². The van der Waals surface area contributed by atoms with Gasteiger partial charge in [0.2, 0.25) is 0 Å². The topological polar surface area (TPSA) is 45.2 Å². The number of benzene rings is 1. The Kier molecular flexibility index (Phi) is 8.50. The summed E-state index contributed by atoms with van der Waals surface area (Å²) in [6.45, 7) is 8.47. The molecule has 2 N–H and O–H groups in total. The van der Waals surface area contributed by atoms with Crippen molar-refractivity contribution in [3.8, 4) is 0 Å². The van der Waals surface area contributed by atoms with Crippen LogP contribution in [0.2, 0.25) is 0 Å². The monoisotopic (exact) mass is 406 g/mol. The number of aromatic nitrogens is 1. The van der Waals surface area contributed by atoms with Crippen LogP contribution in [0.4, 0.5) is 0 Å². The smallest absolute Gasteiger partial charge is 0.0832 e. The molecule has 30 heavy (non-hydrogen) atoms. The molecule has 1 atom stereocenters. The molecule has 0 spiro atoms. The predicted octanol–water partition coefficient (Wildman–Crippen LogP) is 6.11. The Labute approximate surface area is 182 Å². The molecule has 1 aliphatic carbocycles. The number of rotatable bonds is 10. The van der Waals surface area contributed by atoms with E-state index in [1.807, 2.05) is 6.20 Å². The molecule has 1 heterocycles. The SMILES string of the molecule is CCC(CCNCCCc1ccnc2c1CCCC2)/C(=C/O)c1cc(C)ccc1C. The van der Waals surface area contributed by atoms with Gasteiger partial charge in [-0.3, -0.25) is 4.98 Å². The molecule has 3 rings (SSSR count). The largest absolute Gasteiger partial charge is 0.515 e. The number of aliphatic hydroxyl groups is 1. The molecule has 1 aromatic heterocycles. The van der Waals surface area contributed by atoms with Crippen LogP contribution < -0.4 is 5.32 Å². The maximum absolute atomic E-state index is 9.97. The van der Waals surface area contributed by atoms with Crippen LogP contribution in [0.5, 0.6) is 0 Å². The second kappa shape index (κ2) is 11.3. The molecule has 2 aromatic rings. The van der Waals surface area contributed by atoms with Gasteiger partial charge >= 0.3 is 0 Å². The van der Waals surface area contributed by atoms with E-state index < -0.39 is 0 Å². The average molecular weight is 407 g/mol. The lowest BCUT2D eigenvalue weighted by atomic mass is 9.86. The number of nitrogens with one attached hydrogen (secondary N) is 1. The van der Waals surface area contributed by atoms with Gasteiger partial charge in [-0.05, 0) is 118 Å². The highest BCUT2D eigenvalue weighted by Gasteiger charge is 2.17. The molecule has 1 aromatic carbocycles. The number of hydrogen-bond donors (Lipinski definition) is 2. The van der Waals surface area contributed by atoms with Gasteiger partial charge in [-0.25, -0.2) is 0 Å². The van der Waals surface area contributed by atoms with E-state index >= 15 is 0 Å². The van der Waals surface area contributed by atoms with Crippen molar-refractivity contribution in [1.82, 2.24) is 10.3 Å². The Morgan fingerprint density at radius 2 is 2.00 bits per heavy atom. The van der Waals surface area contributed by atoms with Gasteiger partial charge in [-0.2, -0.15) is 0 Å². The summed E-state index contributed by atoms with van der Waals surface area (Å²) in [5, 5.41) is 13.6. The highest BCUT2D eigenvalue weighted by atomic mass is 16.2. The summed E-state index contributed by atoms with van der Waals surface area (Å²) in [5.41, 5.74) is 9.10. The lowest BCUT2D eigenvalue weighted by Crippen LogP contribution is -2.21. The third kappa shape index (κ3) is 5.72. The zero-order chi connectivity index (χ0) is 21.3. The Morgan fingerprint density at radius 3 is 2.80 bits per heavy atom. The molecule has 0 aliphatic heterocycles. The minimum atomic E-state index is 0.371. The van der Waals surface area contributed by atoms with Gasteiger partial charge in [0.1, 0.15) is 0 Å². The molecule has 3 heteroatoms. The number of hydrogen-bond acceptors (Lipinski definition) is 3. The second-order valence-corrected chi connectivity index (χ2v) is 8.75. The quantitative estimate of drug-likeness (QED) is 0.369. The number of nitrogens with zero attached hydrogens (tertiary/aromatic N) is 1. The third-order valence-corrected chi connectivity index (χ3v) is 6.58. The first kappa shape index (κ1) is 22.6. The molecule has 162 valence electrons. The normalized spacial score (nSPS) is 15.1. The molecule has 0 bridgehead atoms. The number of fused-ring (bicyclic) bond motifs is 1. The first-order valence-electron chi connectivity index (χ1n) is 11.7. The van der Waals surface area contributed by atoms with Crippen LogP contribution >= 0.6 is 0 Å². The fraction of sp³-hybridized carbons (Fsp3) is 0.519. The van der Waals surface area contributed by atoms with Crippen molar-refractivity contribution < 1.29 is 5.11 Å². The molecule has 0 fully saturated rings. The molecule has 1 aliphatic rings. The third-order valence-electron chi connectivity index (χ3n) is 6.58. The number of allylic oxidation sites excluding steroid dienone is 1. The van der Waals surface area contributed by atoms with Crippen molar-refractivity contribution in [2.24, 2.45) is 5.92 Å². The van der Waals surface area contributed by atoms with Crippen molar-refractivity contribution in [2.75, 3.05) is 13.1 Å². The summed E-state index contributed by atoms with van der Waals surface area (Å²) < 4.78 is 0. The summed E-state index contributed by atoms with van der Waals surface area (Å²) in [6, 6.07) is 8.70. The van der Waals surface area contributed by atoms with E-state index in [1.165, 1.54) is 59.0 Å². The van der Waals surface area contributed by atoms with Crippen LogP contribution in [0.15, 0.2) is 36.7 Å². The van der Waals surface area contributed by atoms with Crippen molar-refractivity contribution in [1.29, 1.82) is 0 Å². The molecule has 1 unspecified atom stereocenters. The molecular weight excluding hydrogens is 368 g/mol. The van der Waals surface area contributed by atoms with E-state index in [0.29, 0.717) is 5.92 Å². The molecular formula is C27H38N2O. The number of aryl methyl sites for hydroxylation is 4. The maximum atomic E-state index is 9.97. The van der Waals surface area contributed by atoms with E-state index in [-0.39, 0.29) is 0 Å². The fourth-order valence-corrected chi connectivity index (χ4v) is 4.76.